The van der Waals surface area contributed by atoms with Gasteiger partial charge in [0.25, 0.3) is 5.91 Å². The first-order valence-corrected chi connectivity index (χ1v) is 7.14. The Morgan fingerprint density at radius 3 is 3.30 bits per heavy atom. The third-order valence-corrected chi connectivity index (χ3v) is 4.37. The molecule has 1 unspecified atom stereocenters. The van der Waals surface area contributed by atoms with E-state index < -0.39 is 0 Å². The lowest BCUT2D eigenvalue weighted by molar-refractivity contribution is 0.0904. The summed E-state index contributed by atoms with van der Waals surface area (Å²) in [5.41, 5.74) is 1.18. The number of hydrogen-bond donors (Lipinski definition) is 1. The van der Waals surface area contributed by atoms with Gasteiger partial charge in [-0.2, -0.15) is 0 Å². The van der Waals surface area contributed by atoms with E-state index in [1.54, 1.807) is 18.5 Å². The standard InChI is InChI=1S/C15H17N3O2/c19-15(13-6-11-2-4-20-14(11)7-16-13)17-12-5-10-1-3-18(8-10)9-12/h2,4,6-7,10,12H,1,3,5,8-9H2,(H,17,19)/t10-,12-/m1/s1/i15+1. The SMILES string of the molecule is O=[13C](N[C@@H]1C[C@H]2CCN(C2)C1)c1cc2ccoc2cn1. The van der Waals surface area contributed by atoms with E-state index in [0.717, 1.165) is 24.3 Å². The third kappa shape index (κ3) is 2.08. The van der Waals surface area contributed by atoms with Gasteiger partial charge < -0.3 is 14.6 Å². The van der Waals surface area contributed by atoms with Crippen LogP contribution in [0.2, 0.25) is 0 Å². The average molecular weight is 272 g/mol. The molecule has 4 heterocycles. The number of carbonyl (C=O) groups is 1. The van der Waals surface area contributed by atoms with Gasteiger partial charge in [-0.25, -0.2) is 4.98 Å². The number of piperidine rings is 1. The summed E-state index contributed by atoms with van der Waals surface area (Å²) >= 11 is 0. The van der Waals surface area contributed by atoms with Gasteiger partial charge in [-0.15, -0.1) is 0 Å². The molecule has 2 aromatic rings. The molecule has 2 aliphatic heterocycles. The monoisotopic (exact) mass is 272 g/mol. The van der Waals surface area contributed by atoms with Crippen LogP contribution in [0, 0.1) is 5.92 Å². The van der Waals surface area contributed by atoms with Crippen molar-refractivity contribution in [3.63, 3.8) is 0 Å². The summed E-state index contributed by atoms with van der Waals surface area (Å²) in [6.07, 6.45) is 5.58. The quantitative estimate of drug-likeness (QED) is 0.845. The number of aromatic nitrogens is 1. The van der Waals surface area contributed by atoms with Gasteiger partial charge in [-0.05, 0) is 37.4 Å². The Kier molecular flexibility index (Phi) is 2.73. The topological polar surface area (TPSA) is 58.4 Å². The highest BCUT2D eigenvalue weighted by molar-refractivity contribution is 5.95. The van der Waals surface area contributed by atoms with Crippen LogP contribution in [-0.2, 0) is 0 Å². The summed E-state index contributed by atoms with van der Waals surface area (Å²) in [6, 6.07) is 3.89. The number of fused-ring (bicyclic) bond motifs is 3. The van der Waals surface area contributed by atoms with Gasteiger partial charge in [0.15, 0.2) is 5.58 Å². The fourth-order valence-corrected chi connectivity index (χ4v) is 3.42. The number of nitrogens with zero attached hydrogens (tertiary/aromatic N) is 2. The van der Waals surface area contributed by atoms with Crippen LogP contribution in [0.5, 0.6) is 0 Å². The molecule has 2 aromatic heterocycles. The van der Waals surface area contributed by atoms with E-state index in [2.05, 4.69) is 15.2 Å². The second-order valence-electron chi connectivity index (χ2n) is 5.85. The van der Waals surface area contributed by atoms with Crippen LogP contribution in [0.3, 0.4) is 0 Å². The van der Waals surface area contributed by atoms with Crippen LogP contribution in [0.15, 0.2) is 29.0 Å². The molecule has 0 spiro atoms. The van der Waals surface area contributed by atoms with Crippen molar-refractivity contribution in [2.75, 3.05) is 19.6 Å². The lowest BCUT2D eigenvalue weighted by atomic mass is 9.97. The molecule has 2 bridgehead atoms. The molecule has 5 nitrogen and oxygen atoms in total. The van der Waals surface area contributed by atoms with Crippen molar-refractivity contribution < 1.29 is 9.21 Å². The van der Waals surface area contributed by atoms with Crippen LogP contribution < -0.4 is 5.32 Å². The Bertz CT molecular complexity index is 639. The first-order valence-electron chi connectivity index (χ1n) is 7.14. The summed E-state index contributed by atoms with van der Waals surface area (Å²) in [5.74, 6) is 0.666. The fraction of sp³-hybridized carbons (Fsp3) is 0.467. The molecule has 4 rings (SSSR count). The molecule has 1 N–H and O–H groups in total. The van der Waals surface area contributed by atoms with E-state index in [0.29, 0.717) is 11.3 Å². The van der Waals surface area contributed by atoms with Gasteiger partial charge >= 0.3 is 0 Å². The lowest BCUT2D eigenvalue weighted by Gasteiger charge is -2.30. The molecule has 0 radical (unpaired) electrons. The molecular formula is C15H17N3O2. The average Bonchev–Trinajstić information content (AvgIpc) is 3.04. The summed E-state index contributed by atoms with van der Waals surface area (Å²) < 4.78 is 5.24. The van der Waals surface area contributed by atoms with E-state index >= 15 is 0 Å². The van der Waals surface area contributed by atoms with Crippen molar-refractivity contribution in [3.05, 3.63) is 30.3 Å². The fourth-order valence-electron chi connectivity index (χ4n) is 3.42. The second-order valence-corrected chi connectivity index (χ2v) is 5.85. The van der Waals surface area contributed by atoms with Crippen molar-refractivity contribution in [1.82, 2.24) is 15.2 Å². The molecule has 3 atom stereocenters. The van der Waals surface area contributed by atoms with E-state index in [9.17, 15) is 4.79 Å². The lowest BCUT2D eigenvalue weighted by Crippen LogP contribution is -2.47. The summed E-state index contributed by atoms with van der Waals surface area (Å²) in [5, 5.41) is 4.03. The van der Waals surface area contributed by atoms with Crippen molar-refractivity contribution in [1.29, 1.82) is 0 Å². The van der Waals surface area contributed by atoms with Crippen LogP contribution in [0.1, 0.15) is 23.3 Å². The molecule has 0 aliphatic carbocycles. The molecule has 0 aromatic carbocycles. The zero-order chi connectivity index (χ0) is 13.5. The largest absolute Gasteiger partial charge is 0.463 e. The number of hydrogen-bond acceptors (Lipinski definition) is 4. The van der Waals surface area contributed by atoms with E-state index in [-0.39, 0.29) is 11.9 Å². The maximum absolute atomic E-state index is 12.3. The highest BCUT2D eigenvalue weighted by atomic mass is 16.3. The first kappa shape index (κ1) is 11.9. The minimum absolute atomic E-state index is 0.0828. The Balaban J connectivity index is 1.49. The molecule has 20 heavy (non-hydrogen) atoms. The van der Waals surface area contributed by atoms with Crippen LogP contribution in [-0.4, -0.2) is 41.5 Å². The zero-order valence-electron chi connectivity index (χ0n) is 11.2. The maximum atomic E-state index is 12.3. The number of furan rings is 1. The van der Waals surface area contributed by atoms with Gasteiger partial charge in [-0.3, -0.25) is 4.79 Å². The highest BCUT2D eigenvalue weighted by Crippen LogP contribution is 2.26. The van der Waals surface area contributed by atoms with E-state index in [1.807, 2.05) is 6.07 Å². The van der Waals surface area contributed by atoms with Crippen molar-refractivity contribution in [3.8, 4) is 0 Å². The Morgan fingerprint density at radius 2 is 2.40 bits per heavy atom. The van der Waals surface area contributed by atoms with Gasteiger partial charge in [0, 0.05) is 24.5 Å². The first-order chi connectivity index (χ1) is 9.78. The normalized spacial score (nSPS) is 28.7. The number of nitrogens with one attached hydrogen (secondary N) is 1. The molecule has 0 saturated carbocycles. The van der Waals surface area contributed by atoms with E-state index in [1.165, 1.54) is 19.5 Å². The summed E-state index contributed by atoms with van der Waals surface area (Å²) in [6.45, 7) is 3.35. The second kappa shape index (κ2) is 4.59. The Labute approximate surface area is 117 Å². The van der Waals surface area contributed by atoms with Crippen molar-refractivity contribution in [2.24, 2.45) is 5.92 Å². The molecular weight excluding hydrogens is 255 g/mol. The van der Waals surface area contributed by atoms with Crippen molar-refractivity contribution in [2.45, 2.75) is 18.9 Å². The smallest absolute Gasteiger partial charge is 0.270 e. The molecule has 2 saturated heterocycles. The van der Waals surface area contributed by atoms with E-state index in [4.69, 9.17) is 4.42 Å². The van der Waals surface area contributed by atoms with Crippen LogP contribution in [0.25, 0.3) is 11.0 Å². The minimum atomic E-state index is -0.0828. The predicted octanol–water partition coefficient (Wildman–Crippen LogP) is 1.65. The number of amides is 1. The molecule has 1 amide bonds. The number of carbonyl (C=O) groups excluding carboxylic acids is 1. The molecule has 2 aliphatic rings. The third-order valence-electron chi connectivity index (χ3n) is 4.37. The Hall–Kier alpha value is -1.88. The predicted molar refractivity (Wildman–Crippen MR) is 74.4 cm³/mol. The van der Waals surface area contributed by atoms with Gasteiger partial charge in [0.2, 0.25) is 0 Å². The maximum Gasteiger partial charge on any atom is 0.270 e. The molecule has 2 fully saturated rings. The number of rotatable bonds is 2. The van der Waals surface area contributed by atoms with Crippen LogP contribution >= 0.6 is 0 Å². The summed E-state index contributed by atoms with van der Waals surface area (Å²) in [7, 11) is 0. The summed E-state index contributed by atoms with van der Waals surface area (Å²) in [4.78, 5) is 18.9. The number of pyridine rings is 1. The molecule has 5 heteroatoms. The van der Waals surface area contributed by atoms with Crippen molar-refractivity contribution >= 4 is 16.9 Å². The zero-order valence-corrected chi connectivity index (χ0v) is 11.2. The molecule has 104 valence electrons. The van der Waals surface area contributed by atoms with Crippen LogP contribution in [0.4, 0.5) is 0 Å². The van der Waals surface area contributed by atoms with Gasteiger partial charge in [-0.1, -0.05) is 0 Å². The van der Waals surface area contributed by atoms with Gasteiger partial charge in [0.1, 0.15) is 5.69 Å². The Morgan fingerprint density at radius 1 is 1.45 bits per heavy atom. The van der Waals surface area contributed by atoms with Gasteiger partial charge in [0.05, 0.1) is 12.5 Å². The highest BCUT2D eigenvalue weighted by Gasteiger charge is 2.33. The minimum Gasteiger partial charge on any atom is -0.463 e.